The van der Waals surface area contributed by atoms with E-state index >= 15 is 0 Å². The predicted octanol–water partition coefficient (Wildman–Crippen LogP) is 7.45. The van der Waals surface area contributed by atoms with Crippen molar-refractivity contribution in [1.82, 2.24) is 15.6 Å². The Kier molecular flexibility index (Phi) is 13.2. The lowest BCUT2D eigenvalue weighted by Gasteiger charge is -2.31. The van der Waals surface area contributed by atoms with Gasteiger partial charge in [0.2, 0.25) is 5.91 Å². The zero-order valence-corrected chi connectivity index (χ0v) is 28.8. The van der Waals surface area contributed by atoms with Gasteiger partial charge in [-0.15, -0.1) is 11.8 Å². The fourth-order valence-electron chi connectivity index (χ4n) is 5.97. The summed E-state index contributed by atoms with van der Waals surface area (Å²) in [6.07, 6.45) is 10.2. The number of allylic oxidation sites excluding steroid dienone is 4. The zero-order chi connectivity index (χ0) is 34.4. The molecule has 0 saturated carbocycles. The minimum Gasteiger partial charge on any atom is -0.453 e. The van der Waals surface area contributed by atoms with E-state index < -0.39 is 18.1 Å². The number of nitrogens with zero attached hydrogens (tertiary/aromatic N) is 1. The van der Waals surface area contributed by atoms with Crippen LogP contribution in [0.3, 0.4) is 0 Å². The van der Waals surface area contributed by atoms with Gasteiger partial charge in [-0.3, -0.25) is 9.78 Å². The number of thioether (sulfide) groups is 1. The second-order valence-corrected chi connectivity index (χ2v) is 12.9. The van der Waals surface area contributed by atoms with E-state index in [1.165, 1.54) is 12.0 Å². The number of hydrogen-bond acceptors (Lipinski definition) is 7. The van der Waals surface area contributed by atoms with Gasteiger partial charge in [-0.2, -0.15) is 0 Å². The summed E-state index contributed by atoms with van der Waals surface area (Å²) >= 11 is 1.79. The van der Waals surface area contributed by atoms with Crippen LogP contribution in [0.2, 0.25) is 0 Å². The molecule has 3 aromatic carbocycles. The van der Waals surface area contributed by atoms with Crippen LogP contribution in [0.1, 0.15) is 30.4 Å². The molecule has 1 saturated heterocycles. The van der Waals surface area contributed by atoms with Gasteiger partial charge in [0.15, 0.2) is 0 Å². The topological polar surface area (TPSA) is 102 Å². The molecule has 8 nitrogen and oxygen atoms in total. The number of benzene rings is 3. The standard InChI is InChI=1S/C40H44N4O4S/c1-4-5-7-14-28(2)37(30-16-8-6-9-17-30)38(44-40(46)47-3)39(45)43-34-19-11-10-15-29(34)22-23-31-25-41-26-32(48-31)27-49-36-21-12-20-35-33(36)18-13-24-42-35/h4-21,24,31-32,37-38,41H,2,22-23,25-27H2,1,3H3,(H,43,45)(H,44,46)/b5-4-,14-7-/t31-,32+,37?,38+/m1/s1. The SMILES string of the molecule is C=C(/C=C\C=C/C)C(c1ccccc1)[C@H](NC(=O)OC)C(=O)Nc1ccccc1CC[C@@H]1CNC[C@@H](CSc2cccc3ncccc23)O1. The molecule has 1 aliphatic rings. The highest BCUT2D eigenvalue weighted by atomic mass is 32.2. The molecule has 4 atom stereocenters. The fourth-order valence-corrected chi connectivity index (χ4v) is 7.04. The van der Waals surface area contributed by atoms with E-state index in [1.54, 1.807) is 11.8 Å². The summed E-state index contributed by atoms with van der Waals surface area (Å²) in [7, 11) is 1.28. The number of morpholine rings is 1. The number of nitrogens with one attached hydrogen (secondary N) is 3. The van der Waals surface area contributed by atoms with Crippen molar-refractivity contribution in [3.8, 4) is 0 Å². The number of carbonyl (C=O) groups is 2. The highest BCUT2D eigenvalue weighted by Gasteiger charge is 2.33. The zero-order valence-electron chi connectivity index (χ0n) is 28.0. The molecule has 254 valence electrons. The lowest BCUT2D eigenvalue weighted by molar-refractivity contribution is -0.118. The van der Waals surface area contributed by atoms with Crippen LogP contribution in [0.4, 0.5) is 10.5 Å². The summed E-state index contributed by atoms with van der Waals surface area (Å²) in [4.78, 5) is 32.3. The monoisotopic (exact) mass is 676 g/mol. The van der Waals surface area contributed by atoms with E-state index in [2.05, 4.69) is 39.6 Å². The Bertz CT molecular complexity index is 1770. The van der Waals surface area contributed by atoms with Crippen LogP contribution in [0.15, 0.2) is 132 Å². The second kappa shape index (κ2) is 18.2. The first-order valence-corrected chi connectivity index (χ1v) is 17.5. The number of rotatable bonds is 14. The first-order chi connectivity index (χ1) is 24.0. The third kappa shape index (κ3) is 9.92. The lowest BCUT2D eigenvalue weighted by atomic mass is 9.84. The number of hydrogen-bond donors (Lipinski definition) is 3. The van der Waals surface area contributed by atoms with Crippen molar-refractivity contribution in [2.45, 2.75) is 48.8 Å². The number of para-hydroxylation sites is 1. The van der Waals surface area contributed by atoms with Gasteiger partial charge in [-0.05, 0) is 60.7 Å². The summed E-state index contributed by atoms with van der Waals surface area (Å²) in [5.74, 6) is -0.0875. The number of aromatic nitrogens is 1. The van der Waals surface area contributed by atoms with Gasteiger partial charge in [0.1, 0.15) is 6.04 Å². The molecule has 1 unspecified atom stereocenters. The molecule has 0 radical (unpaired) electrons. The number of carbonyl (C=O) groups excluding carboxylic acids is 2. The maximum atomic E-state index is 14.1. The minimum absolute atomic E-state index is 0.0285. The number of amides is 2. The molecule has 1 fully saturated rings. The summed E-state index contributed by atoms with van der Waals surface area (Å²) in [6, 6.07) is 26.6. The van der Waals surface area contributed by atoms with Gasteiger partial charge in [0.05, 0.1) is 24.8 Å². The summed E-state index contributed by atoms with van der Waals surface area (Å²) in [5, 5.41) is 10.6. The number of anilines is 1. The van der Waals surface area contributed by atoms with Gasteiger partial charge in [-0.1, -0.05) is 91.5 Å². The Labute approximate surface area is 293 Å². The molecule has 0 bridgehead atoms. The van der Waals surface area contributed by atoms with Gasteiger partial charge in [0.25, 0.3) is 0 Å². The van der Waals surface area contributed by atoms with Crippen molar-refractivity contribution in [2.24, 2.45) is 0 Å². The van der Waals surface area contributed by atoms with Crippen LogP contribution in [-0.4, -0.2) is 61.2 Å². The van der Waals surface area contributed by atoms with E-state index in [0.717, 1.165) is 47.3 Å². The van der Waals surface area contributed by atoms with E-state index in [0.29, 0.717) is 17.7 Å². The third-order valence-electron chi connectivity index (χ3n) is 8.42. The Morgan fingerprint density at radius 2 is 1.82 bits per heavy atom. The average Bonchev–Trinajstić information content (AvgIpc) is 3.14. The molecular weight excluding hydrogens is 633 g/mol. The number of aryl methyl sites for hydroxylation is 1. The fraction of sp³-hybridized carbons (Fsp3) is 0.275. The van der Waals surface area contributed by atoms with Crippen LogP contribution in [-0.2, 0) is 20.7 Å². The lowest BCUT2D eigenvalue weighted by Crippen LogP contribution is -2.48. The van der Waals surface area contributed by atoms with Crippen molar-refractivity contribution >= 4 is 40.4 Å². The molecule has 2 amide bonds. The molecule has 2 heterocycles. The Morgan fingerprint density at radius 1 is 1.02 bits per heavy atom. The molecule has 0 aliphatic carbocycles. The molecule has 4 aromatic rings. The van der Waals surface area contributed by atoms with Crippen molar-refractivity contribution in [1.29, 1.82) is 0 Å². The second-order valence-electron chi connectivity index (χ2n) is 11.8. The Hall–Kier alpha value is -4.70. The smallest absolute Gasteiger partial charge is 0.407 e. The number of methoxy groups -OCH3 is 1. The van der Waals surface area contributed by atoms with E-state index in [4.69, 9.17) is 9.47 Å². The molecule has 0 spiro atoms. The molecule has 49 heavy (non-hydrogen) atoms. The highest BCUT2D eigenvalue weighted by Crippen LogP contribution is 2.31. The van der Waals surface area contributed by atoms with Crippen LogP contribution < -0.4 is 16.0 Å². The van der Waals surface area contributed by atoms with E-state index in [-0.39, 0.29) is 18.1 Å². The minimum atomic E-state index is -0.993. The maximum absolute atomic E-state index is 14.1. The van der Waals surface area contributed by atoms with Gasteiger partial charge in [0, 0.05) is 46.9 Å². The highest BCUT2D eigenvalue weighted by molar-refractivity contribution is 7.99. The maximum Gasteiger partial charge on any atom is 0.407 e. The first-order valence-electron chi connectivity index (χ1n) is 16.6. The van der Waals surface area contributed by atoms with Crippen molar-refractivity contribution in [3.05, 3.63) is 139 Å². The van der Waals surface area contributed by atoms with Crippen LogP contribution in [0.5, 0.6) is 0 Å². The largest absolute Gasteiger partial charge is 0.453 e. The third-order valence-corrected chi connectivity index (χ3v) is 9.62. The predicted molar refractivity (Wildman–Crippen MR) is 199 cm³/mol. The molecule has 9 heteroatoms. The Balaban J connectivity index is 1.26. The number of pyridine rings is 1. The number of ether oxygens (including phenoxy) is 2. The summed E-state index contributed by atoms with van der Waals surface area (Å²) in [5.41, 5.74) is 4.17. The molecule has 3 N–H and O–H groups in total. The summed E-state index contributed by atoms with van der Waals surface area (Å²) in [6.45, 7) is 7.76. The molecule has 1 aliphatic heterocycles. The molecule has 5 rings (SSSR count). The molecule has 1 aromatic heterocycles. The van der Waals surface area contributed by atoms with E-state index in [9.17, 15) is 9.59 Å². The van der Waals surface area contributed by atoms with Crippen molar-refractivity contribution in [3.63, 3.8) is 0 Å². The van der Waals surface area contributed by atoms with Crippen molar-refractivity contribution < 1.29 is 19.1 Å². The van der Waals surface area contributed by atoms with Gasteiger partial charge < -0.3 is 25.4 Å². The van der Waals surface area contributed by atoms with Crippen LogP contribution in [0, 0.1) is 0 Å². The quantitative estimate of drug-likeness (QED) is 0.0942. The summed E-state index contributed by atoms with van der Waals surface area (Å²) < 4.78 is 11.5. The van der Waals surface area contributed by atoms with Crippen LogP contribution in [0.25, 0.3) is 10.9 Å². The average molecular weight is 677 g/mol. The van der Waals surface area contributed by atoms with Crippen LogP contribution >= 0.6 is 11.8 Å². The number of fused-ring (bicyclic) bond motifs is 1. The van der Waals surface area contributed by atoms with Gasteiger partial charge >= 0.3 is 6.09 Å². The van der Waals surface area contributed by atoms with Gasteiger partial charge in [-0.25, -0.2) is 4.79 Å². The Morgan fingerprint density at radius 3 is 2.63 bits per heavy atom. The molecular formula is C40H44N4O4S. The normalized spacial score (nSPS) is 17.5. The first kappa shape index (κ1) is 35.6. The van der Waals surface area contributed by atoms with E-state index in [1.807, 2.05) is 110 Å². The number of alkyl carbamates (subject to hydrolysis) is 1. The van der Waals surface area contributed by atoms with Crippen molar-refractivity contribution in [2.75, 3.05) is 31.3 Å².